The Morgan fingerprint density at radius 2 is 2.22 bits per heavy atom. The van der Waals surface area contributed by atoms with Gasteiger partial charge in [-0.25, -0.2) is 0 Å². The molecule has 2 unspecified atom stereocenters. The van der Waals surface area contributed by atoms with Gasteiger partial charge in [0.1, 0.15) is 0 Å². The second-order valence-corrected chi connectivity index (χ2v) is 6.25. The summed E-state index contributed by atoms with van der Waals surface area (Å²) in [6.45, 7) is 9.70. The third-order valence-corrected chi connectivity index (χ3v) is 5.07. The molecule has 1 saturated carbocycles. The molecule has 1 heterocycles. The van der Waals surface area contributed by atoms with Crippen molar-refractivity contribution >= 4 is 0 Å². The van der Waals surface area contributed by atoms with Crippen LogP contribution < -0.4 is 0 Å². The lowest BCUT2D eigenvalue weighted by molar-refractivity contribution is 0.273. The van der Waals surface area contributed by atoms with E-state index in [1.165, 1.54) is 32.1 Å². The summed E-state index contributed by atoms with van der Waals surface area (Å²) in [6.07, 6.45) is 11.3. The third kappa shape index (κ3) is 1.75. The highest BCUT2D eigenvalue weighted by atomic mass is 15.2. The molecule has 0 aromatic heterocycles. The molecule has 0 N–H and O–H groups in total. The maximum absolute atomic E-state index is 3.96. The largest absolute Gasteiger partial charge is 0.368 e. The molecule has 0 aromatic carbocycles. The Bertz CT molecular complexity index is 415. The van der Waals surface area contributed by atoms with E-state index < -0.39 is 0 Å². The first kappa shape index (κ1) is 12.1. The van der Waals surface area contributed by atoms with E-state index in [-0.39, 0.29) is 0 Å². The van der Waals surface area contributed by atoms with E-state index in [4.69, 9.17) is 0 Å². The van der Waals surface area contributed by atoms with E-state index in [2.05, 4.69) is 37.5 Å². The van der Waals surface area contributed by atoms with Crippen LogP contribution in [-0.4, -0.2) is 17.5 Å². The number of rotatable bonds is 2. The predicted molar refractivity (Wildman–Crippen MR) is 77.2 cm³/mol. The SMILES string of the molecule is C=CCN1C2=C(C3CCCC31)[C@@H](C)C=C(C)CC2. The summed E-state index contributed by atoms with van der Waals surface area (Å²) in [4.78, 5) is 2.68. The summed E-state index contributed by atoms with van der Waals surface area (Å²) in [7, 11) is 0. The first-order chi connectivity index (χ1) is 8.72. The summed E-state index contributed by atoms with van der Waals surface area (Å²) in [5, 5.41) is 0. The molecule has 1 nitrogen and oxygen atoms in total. The zero-order chi connectivity index (χ0) is 12.7. The van der Waals surface area contributed by atoms with Gasteiger partial charge in [0, 0.05) is 24.2 Å². The Morgan fingerprint density at radius 3 is 3.00 bits per heavy atom. The van der Waals surface area contributed by atoms with Crippen molar-refractivity contribution in [3.8, 4) is 0 Å². The second-order valence-electron chi connectivity index (χ2n) is 6.25. The fourth-order valence-electron chi connectivity index (χ4n) is 4.44. The first-order valence-electron chi connectivity index (χ1n) is 7.50. The molecule has 1 fully saturated rings. The van der Waals surface area contributed by atoms with E-state index >= 15 is 0 Å². The fraction of sp³-hybridized carbons (Fsp3) is 0.647. The number of nitrogens with zero attached hydrogens (tertiary/aromatic N) is 1. The highest BCUT2D eigenvalue weighted by Gasteiger charge is 2.43. The van der Waals surface area contributed by atoms with Gasteiger partial charge in [0.05, 0.1) is 0 Å². The van der Waals surface area contributed by atoms with Gasteiger partial charge < -0.3 is 4.90 Å². The molecular weight excluding hydrogens is 218 g/mol. The topological polar surface area (TPSA) is 3.24 Å². The predicted octanol–water partition coefficient (Wildman–Crippen LogP) is 4.29. The Morgan fingerprint density at radius 1 is 1.39 bits per heavy atom. The van der Waals surface area contributed by atoms with Crippen LogP contribution in [0.25, 0.3) is 0 Å². The number of allylic oxidation sites excluding steroid dienone is 3. The van der Waals surface area contributed by atoms with Gasteiger partial charge >= 0.3 is 0 Å². The normalized spacial score (nSPS) is 35.1. The van der Waals surface area contributed by atoms with Crippen LogP contribution in [0, 0.1) is 11.8 Å². The summed E-state index contributed by atoms with van der Waals surface area (Å²) in [6, 6.07) is 0.794. The van der Waals surface area contributed by atoms with Gasteiger partial charge in [0.15, 0.2) is 0 Å². The lowest BCUT2D eigenvalue weighted by atomic mass is 9.87. The summed E-state index contributed by atoms with van der Waals surface area (Å²) in [5.41, 5.74) is 5.02. The van der Waals surface area contributed by atoms with E-state index in [9.17, 15) is 0 Å². The number of hydrogen-bond acceptors (Lipinski definition) is 1. The van der Waals surface area contributed by atoms with Crippen LogP contribution in [0.15, 0.2) is 35.6 Å². The Hall–Kier alpha value is -0.980. The average Bonchev–Trinajstić information content (AvgIpc) is 2.84. The molecule has 98 valence electrons. The highest BCUT2D eigenvalue weighted by molar-refractivity contribution is 5.34. The molecular formula is C17H25N. The van der Waals surface area contributed by atoms with Gasteiger partial charge in [-0.3, -0.25) is 0 Å². The monoisotopic (exact) mass is 243 g/mol. The molecule has 0 radical (unpaired) electrons. The number of hydrogen-bond donors (Lipinski definition) is 0. The van der Waals surface area contributed by atoms with Crippen LogP contribution in [0.5, 0.6) is 0 Å². The zero-order valence-corrected chi connectivity index (χ0v) is 11.8. The molecule has 3 rings (SSSR count). The quantitative estimate of drug-likeness (QED) is 0.654. The molecule has 0 spiro atoms. The molecule has 0 bridgehead atoms. The van der Waals surface area contributed by atoms with Crippen LogP contribution in [0.2, 0.25) is 0 Å². The standard InChI is InChI=1S/C17H25N/c1-4-10-18-15-7-5-6-14(15)17-13(3)11-12(2)8-9-16(17)18/h4,11,13-15H,1,5-10H2,2-3H3/t13-,14?,15?/m0/s1. The van der Waals surface area contributed by atoms with E-state index in [0.29, 0.717) is 5.92 Å². The lowest BCUT2D eigenvalue weighted by Crippen LogP contribution is -2.31. The van der Waals surface area contributed by atoms with Crippen molar-refractivity contribution in [1.29, 1.82) is 0 Å². The van der Waals surface area contributed by atoms with Crippen LogP contribution >= 0.6 is 0 Å². The Kier molecular flexibility index (Phi) is 3.09. The summed E-state index contributed by atoms with van der Waals surface area (Å²) in [5.74, 6) is 1.50. The van der Waals surface area contributed by atoms with E-state index in [1.807, 2.05) is 0 Å². The number of fused-ring (bicyclic) bond motifs is 2. The minimum absolute atomic E-state index is 0.655. The fourth-order valence-corrected chi connectivity index (χ4v) is 4.44. The highest BCUT2D eigenvalue weighted by Crippen LogP contribution is 2.49. The molecule has 2 aliphatic carbocycles. The van der Waals surface area contributed by atoms with Crippen molar-refractivity contribution in [3.05, 3.63) is 35.6 Å². The smallest absolute Gasteiger partial charge is 0.0357 e. The van der Waals surface area contributed by atoms with Crippen molar-refractivity contribution in [2.24, 2.45) is 11.8 Å². The summed E-state index contributed by atoms with van der Waals surface area (Å²) >= 11 is 0. The maximum Gasteiger partial charge on any atom is 0.0357 e. The van der Waals surface area contributed by atoms with E-state index in [0.717, 1.165) is 18.5 Å². The van der Waals surface area contributed by atoms with Crippen molar-refractivity contribution in [1.82, 2.24) is 4.90 Å². The van der Waals surface area contributed by atoms with Crippen LogP contribution in [0.1, 0.15) is 46.0 Å². The van der Waals surface area contributed by atoms with Gasteiger partial charge in [-0.15, -0.1) is 6.58 Å². The average molecular weight is 243 g/mol. The molecule has 0 aromatic rings. The van der Waals surface area contributed by atoms with Gasteiger partial charge in [-0.1, -0.05) is 31.1 Å². The Labute approximate surface area is 111 Å². The van der Waals surface area contributed by atoms with Crippen molar-refractivity contribution in [2.45, 2.75) is 52.0 Å². The minimum atomic E-state index is 0.655. The van der Waals surface area contributed by atoms with Crippen molar-refractivity contribution in [3.63, 3.8) is 0 Å². The maximum atomic E-state index is 3.96. The van der Waals surface area contributed by atoms with E-state index in [1.54, 1.807) is 16.8 Å². The van der Waals surface area contributed by atoms with Gasteiger partial charge in [0.25, 0.3) is 0 Å². The molecule has 0 amide bonds. The molecule has 18 heavy (non-hydrogen) atoms. The second kappa shape index (κ2) is 4.60. The lowest BCUT2D eigenvalue weighted by Gasteiger charge is -2.28. The molecule has 3 aliphatic rings. The minimum Gasteiger partial charge on any atom is -0.368 e. The zero-order valence-electron chi connectivity index (χ0n) is 11.8. The van der Waals surface area contributed by atoms with Crippen LogP contribution in [0.3, 0.4) is 0 Å². The Balaban J connectivity index is 1.98. The van der Waals surface area contributed by atoms with Crippen molar-refractivity contribution in [2.75, 3.05) is 6.54 Å². The van der Waals surface area contributed by atoms with Crippen LogP contribution in [0.4, 0.5) is 0 Å². The summed E-state index contributed by atoms with van der Waals surface area (Å²) < 4.78 is 0. The van der Waals surface area contributed by atoms with Gasteiger partial charge in [-0.05, 0) is 44.1 Å². The molecule has 3 atom stereocenters. The molecule has 1 heteroatoms. The van der Waals surface area contributed by atoms with Crippen molar-refractivity contribution < 1.29 is 0 Å². The molecule has 0 saturated heterocycles. The molecule has 1 aliphatic heterocycles. The van der Waals surface area contributed by atoms with Gasteiger partial charge in [0.2, 0.25) is 0 Å². The van der Waals surface area contributed by atoms with Crippen LogP contribution in [-0.2, 0) is 0 Å². The third-order valence-electron chi connectivity index (χ3n) is 5.07. The van der Waals surface area contributed by atoms with Gasteiger partial charge in [-0.2, -0.15) is 0 Å². The first-order valence-corrected chi connectivity index (χ1v) is 7.50.